The van der Waals surface area contributed by atoms with Gasteiger partial charge in [0.2, 0.25) is 5.88 Å². The summed E-state index contributed by atoms with van der Waals surface area (Å²) in [5, 5.41) is 15.0. The summed E-state index contributed by atoms with van der Waals surface area (Å²) in [5.74, 6) is 1.36. The molecule has 2 rings (SSSR count). The van der Waals surface area contributed by atoms with Crippen LogP contribution in [0.4, 0.5) is 5.69 Å². The predicted molar refractivity (Wildman–Crippen MR) is 75.4 cm³/mol. The number of halogens is 1. The van der Waals surface area contributed by atoms with E-state index < -0.39 is 4.92 Å². The molecule has 0 spiro atoms. The van der Waals surface area contributed by atoms with Crippen molar-refractivity contribution < 1.29 is 9.66 Å². The monoisotopic (exact) mass is 295 g/mol. The largest absolute Gasteiger partial charge is 0.439 e. The predicted octanol–water partition coefficient (Wildman–Crippen LogP) is 3.48. The number of ether oxygens (including phenoxy) is 1. The summed E-state index contributed by atoms with van der Waals surface area (Å²) < 4.78 is 7.36. The van der Waals surface area contributed by atoms with Gasteiger partial charge in [0.05, 0.1) is 22.1 Å². The van der Waals surface area contributed by atoms with Gasteiger partial charge >= 0.3 is 0 Å². The van der Waals surface area contributed by atoms with Crippen LogP contribution < -0.4 is 4.74 Å². The molecule has 6 nitrogen and oxygen atoms in total. The Morgan fingerprint density at radius 3 is 2.70 bits per heavy atom. The molecule has 20 heavy (non-hydrogen) atoms. The van der Waals surface area contributed by atoms with E-state index in [4.69, 9.17) is 16.3 Å². The fraction of sp³-hybridized carbons (Fsp3) is 0.308. The Kier molecular flexibility index (Phi) is 3.94. The van der Waals surface area contributed by atoms with Crippen LogP contribution >= 0.6 is 11.6 Å². The Bertz CT molecular complexity index is 667. The van der Waals surface area contributed by atoms with Crippen LogP contribution in [0.2, 0.25) is 0 Å². The summed E-state index contributed by atoms with van der Waals surface area (Å²) in [7, 11) is 1.76. The summed E-state index contributed by atoms with van der Waals surface area (Å²) >= 11 is 5.89. The van der Waals surface area contributed by atoms with Crippen LogP contribution in [0.15, 0.2) is 18.2 Å². The number of nitro groups is 1. The average molecular weight is 296 g/mol. The second-order valence-corrected chi connectivity index (χ2v) is 4.70. The van der Waals surface area contributed by atoms with Crippen molar-refractivity contribution in [3.63, 3.8) is 0 Å². The zero-order valence-corrected chi connectivity index (χ0v) is 12.1. The van der Waals surface area contributed by atoms with E-state index in [0.717, 1.165) is 11.3 Å². The molecule has 0 fully saturated rings. The summed E-state index contributed by atoms with van der Waals surface area (Å²) in [6.45, 7) is 3.52. The van der Waals surface area contributed by atoms with Crippen molar-refractivity contribution in [2.45, 2.75) is 19.7 Å². The lowest BCUT2D eigenvalue weighted by molar-refractivity contribution is -0.385. The van der Waals surface area contributed by atoms with Crippen LogP contribution in [0, 0.1) is 24.0 Å². The number of nitro benzene ring substituents is 1. The molecule has 0 saturated heterocycles. The normalized spacial score (nSPS) is 10.6. The molecular formula is C13H14ClN3O3. The van der Waals surface area contributed by atoms with E-state index in [-0.39, 0.29) is 5.69 Å². The van der Waals surface area contributed by atoms with Crippen LogP contribution in [0.5, 0.6) is 11.6 Å². The molecule has 0 amide bonds. The van der Waals surface area contributed by atoms with E-state index in [9.17, 15) is 10.1 Å². The first-order valence-electron chi connectivity index (χ1n) is 5.95. The van der Waals surface area contributed by atoms with E-state index in [0.29, 0.717) is 23.1 Å². The molecule has 0 aliphatic carbocycles. The lowest BCUT2D eigenvalue weighted by Crippen LogP contribution is -1.97. The maximum atomic E-state index is 10.8. The number of aromatic nitrogens is 2. The number of nitrogens with zero attached hydrogens (tertiary/aromatic N) is 3. The van der Waals surface area contributed by atoms with Crippen molar-refractivity contribution in [3.8, 4) is 11.6 Å². The highest BCUT2D eigenvalue weighted by Gasteiger charge is 2.16. The maximum Gasteiger partial charge on any atom is 0.272 e. The smallest absolute Gasteiger partial charge is 0.272 e. The minimum Gasteiger partial charge on any atom is -0.439 e. The third-order valence-electron chi connectivity index (χ3n) is 3.00. The Hall–Kier alpha value is -2.08. The molecule has 0 bridgehead atoms. The van der Waals surface area contributed by atoms with Gasteiger partial charge in [-0.05, 0) is 26.0 Å². The third kappa shape index (κ3) is 2.60. The van der Waals surface area contributed by atoms with Crippen molar-refractivity contribution in [2.24, 2.45) is 7.05 Å². The van der Waals surface area contributed by atoms with Gasteiger partial charge in [0.25, 0.3) is 5.69 Å². The molecule has 0 N–H and O–H groups in total. The molecule has 0 unspecified atom stereocenters. The van der Waals surface area contributed by atoms with Gasteiger partial charge in [0.1, 0.15) is 5.75 Å². The highest BCUT2D eigenvalue weighted by Crippen LogP contribution is 2.30. The molecule has 0 aliphatic heterocycles. The van der Waals surface area contributed by atoms with Crippen molar-refractivity contribution in [2.75, 3.05) is 0 Å². The molecule has 106 valence electrons. The van der Waals surface area contributed by atoms with Gasteiger partial charge < -0.3 is 4.74 Å². The molecule has 0 atom stereocenters. The van der Waals surface area contributed by atoms with Gasteiger partial charge in [0.15, 0.2) is 0 Å². The van der Waals surface area contributed by atoms with Gasteiger partial charge in [0, 0.05) is 18.7 Å². The zero-order chi connectivity index (χ0) is 14.9. The highest BCUT2D eigenvalue weighted by molar-refractivity contribution is 6.17. The highest BCUT2D eigenvalue weighted by atomic mass is 35.5. The quantitative estimate of drug-likeness (QED) is 0.492. The third-order valence-corrected chi connectivity index (χ3v) is 3.27. The van der Waals surface area contributed by atoms with E-state index in [1.165, 1.54) is 6.07 Å². The Morgan fingerprint density at radius 1 is 1.45 bits per heavy atom. The molecule has 0 saturated carbocycles. The fourth-order valence-electron chi connectivity index (χ4n) is 1.97. The van der Waals surface area contributed by atoms with Gasteiger partial charge in [-0.3, -0.25) is 10.1 Å². The number of benzene rings is 1. The second-order valence-electron chi connectivity index (χ2n) is 4.43. The van der Waals surface area contributed by atoms with Crippen molar-refractivity contribution in [1.29, 1.82) is 0 Å². The van der Waals surface area contributed by atoms with Crippen molar-refractivity contribution >= 4 is 17.3 Å². The van der Waals surface area contributed by atoms with Crippen LogP contribution in [-0.2, 0) is 12.9 Å². The number of alkyl halides is 1. The topological polar surface area (TPSA) is 70.2 Å². The Morgan fingerprint density at radius 2 is 2.15 bits per heavy atom. The molecule has 1 heterocycles. The fourth-order valence-corrected chi connectivity index (χ4v) is 2.28. The Labute approximate surface area is 121 Å². The van der Waals surface area contributed by atoms with E-state index in [2.05, 4.69) is 5.10 Å². The summed E-state index contributed by atoms with van der Waals surface area (Å²) in [4.78, 5) is 10.4. The van der Waals surface area contributed by atoms with Crippen LogP contribution in [0.25, 0.3) is 0 Å². The molecule has 7 heteroatoms. The number of rotatable bonds is 4. The first-order chi connectivity index (χ1) is 9.43. The number of hydrogen-bond acceptors (Lipinski definition) is 4. The molecule has 0 radical (unpaired) electrons. The first kappa shape index (κ1) is 14.3. The summed E-state index contributed by atoms with van der Waals surface area (Å²) in [6, 6.07) is 4.61. The van der Waals surface area contributed by atoms with Gasteiger partial charge in [-0.2, -0.15) is 5.10 Å². The standard InChI is InChI=1S/C13H14ClN3O3/c1-8-6-10(4-5-12(8)17(18)19)20-13-11(7-14)9(2)15-16(13)3/h4-6H,7H2,1-3H3. The van der Waals surface area contributed by atoms with Crippen LogP contribution in [0.1, 0.15) is 16.8 Å². The van der Waals surface area contributed by atoms with Crippen molar-refractivity contribution in [3.05, 3.63) is 45.1 Å². The first-order valence-corrected chi connectivity index (χ1v) is 6.48. The minimum atomic E-state index is -0.419. The van der Waals surface area contributed by atoms with Crippen molar-refractivity contribution in [1.82, 2.24) is 9.78 Å². The molecule has 1 aromatic carbocycles. The molecule has 0 aliphatic rings. The SMILES string of the molecule is Cc1cc(Oc2c(CCl)c(C)nn2C)ccc1[N+](=O)[O-]. The Balaban J connectivity index is 2.36. The minimum absolute atomic E-state index is 0.0658. The number of hydrogen-bond donors (Lipinski definition) is 0. The molecule has 2 aromatic rings. The second kappa shape index (κ2) is 5.50. The van der Waals surface area contributed by atoms with E-state index in [1.54, 1.807) is 30.8 Å². The molecular weight excluding hydrogens is 282 g/mol. The maximum absolute atomic E-state index is 10.8. The van der Waals surface area contributed by atoms with Gasteiger partial charge in [-0.25, -0.2) is 4.68 Å². The van der Waals surface area contributed by atoms with E-state index >= 15 is 0 Å². The van der Waals surface area contributed by atoms with Crippen LogP contribution in [-0.4, -0.2) is 14.7 Å². The van der Waals surface area contributed by atoms with Gasteiger partial charge in [-0.1, -0.05) is 0 Å². The average Bonchev–Trinajstić information content (AvgIpc) is 2.63. The number of aryl methyl sites for hydroxylation is 3. The molecule has 1 aromatic heterocycles. The van der Waals surface area contributed by atoms with E-state index in [1.807, 2.05) is 6.92 Å². The lowest BCUT2D eigenvalue weighted by atomic mass is 10.2. The zero-order valence-electron chi connectivity index (χ0n) is 11.4. The lowest BCUT2D eigenvalue weighted by Gasteiger charge is -2.08. The van der Waals surface area contributed by atoms with Crippen LogP contribution in [0.3, 0.4) is 0 Å². The summed E-state index contributed by atoms with van der Waals surface area (Å²) in [5.41, 5.74) is 2.22. The summed E-state index contributed by atoms with van der Waals surface area (Å²) in [6.07, 6.45) is 0. The van der Waals surface area contributed by atoms with Gasteiger partial charge in [-0.15, -0.1) is 11.6 Å².